The summed E-state index contributed by atoms with van der Waals surface area (Å²) in [6.07, 6.45) is 2.63. The van der Waals surface area contributed by atoms with Crippen LogP contribution in [0.1, 0.15) is 17.5 Å². The Morgan fingerprint density at radius 2 is 1.80 bits per heavy atom. The average molecular weight is 228 g/mol. The molecule has 1 aromatic rings. The van der Waals surface area contributed by atoms with Crippen molar-refractivity contribution < 1.29 is 12.6 Å². The molecular weight excluding hydrogens is 212 g/mol. The molecular formula is C11H16O3S. The summed E-state index contributed by atoms with van der Waals surface area (Å²) in [7, 11) is -3.29. The molecule has 0 unspecified atom stereocenters. The maximum Gasteiger partial charge on any atom is 0.264 e. The summed E-state index contributed by atoms with van der Waals surface area (Å²) in [5.74, 6) is 0. The molecule has 0 saturated heterocycles. The van der Waals surface area contributed by atoms with Crippen molar-refractivity contribution in [2.45, 2.75) is 19.8 Å². The van der Waals surface area contributed by atoms with Gasteiger partial charge >= 0.3 is 0 Å². The van der Waals surface area contributed by atoms with E-state index in [1.807, 2.05) is 19.1 Å². The van der Waals surface area contributed by atoms with E-state index < -0.39 is 10.1 Å². The SMILES string of the molecule is Cc1ccc(CCCOS(C)(=O)=O)cc1. The largest absolute Gasteiger partial charge is 0.270 e. The molecule has 0 radical (unpaired) electrons. The second-order valence-corrected chi connectivity index (χ2v) is 5.26. The summed E-state index contributed by atoms with van der Waals surface area (Å²) >= 11 is 0. The molecule has 0 aliphatic rings. The Labute approximate surface area is 91.2 Å². The molecule has 0 amide bonds. The van der Waals surface area contributed by atoms with Crippen LogP contribution in [0, 0.1) is 6.92 Å². The third kappa shape index (κ3) is 5.54. The van der Waals surface area contributed by atoms with Gasteiger partial charge in [-0.15, -0.1) is 0 Å². The fourth-order valence-corrected chi connectivity index (χ4v) is 1.66. The van der Waals surface area contributed by atoms with Gasteiger partial charge in [-0.25, -0.2) is 0 Å². The van der Waals surface area contributed by atoms with E-state index in [1.54, 1.807) is 0 Å². The number of rotatable bonds is 5. The molecule has 0 bridgehead atoms. The van der Waals surface area contributed by atoms with Crippen molar-refractivity contribution in [2.24, 2.45) is 0 Å². The highest BCUT2D eigenvalue weighted by molar-refractivity contribution is 7.85. The first-order chi connectivity index (χ1) is 6.97. The van der Waals surface area contributed by atoms with Crippen LogP contribution in [0.15, 0.2) is 24.3 Å². The van der Waals surface area contributed by atoms with Crippen LogP contribution in [0.5, 0.6) is 0 Å². The maximum atomic E-state index is 10.7. The first-order valence-corrected chi connectivity index (χ1v) is 6.69. The van der Waals surface area contributed by atoms with Crippen molar-refractivity contribution in [3.05, 3.63) is 35.4 Å². The minimum atomic E-state index is -3.29. The standard InChI is InChI=1S/C11H16O3S/c1-10-5-7-11(8-6-10)4-3-9-14-15(2,12)13/h5-8H,3-4,9H2,1-2H3. The first-order valence-electron chi connectivity index (χ1n) is 4.87. The normalized spacial score (nSPS) is 11.6. The third-order valence-electron chi connectivity index (χ3n) is 2.03. The van der Waals surface area contributed by atoms with E-state index in [1.165, 1.54) is 11.1 Å². The van der Waals surface area contributed by atoms with Crippen LogP contribution in [0.25, 0.3) is 0 Å². The van der Waals surface area contributed by atoms with Crippen molar-refractivity contribution in [2.75, 3.05) is 12.9 Å². The Morgan fingerprint density at radius 1 is 1.20 bits per heavy atom. The lowest BCUT2D eigenvalue weighted by molar-refractivity contribution is 0.316. The van der Waals surface area contributed by atoms with Crippen molar-refractivity contribution in [1.82, 2.24) is 0 Å². The lowest BCUT2D eigenvalue weighted by atomic mass is 10.1. The van der Waals surface area contributed by atoms with Gasteiger partial charge in [0.25, 0.3) is 10.1 Å². The molecule has 0 aliphatic carbocycles. The molecule has 4 heteroatoms. The zero-order valence-electron chi connectivity index (χ0n) is 9.06. The summed E-state index contributed by atoms with van der Waals surface area (Å²) in [5, 5.41) is 0. The van der Waals surface area contributed by atoms with Crippen molar-refractivity contribution in [1.29, 1.82) is 0 Å². The van der Waals surface area contributed by atoms with E-state index in [2.05, 4.69) is 16.3 Å². The molecule has 1 rings (SSSR count). The second-order valence-electron chi connectivity index (χ2n) is 3.62. The first kappa shape index (κ1) is 12.2. The zero-order chi connectivity index (χ0) is 11.3. The number of aryl methyl sites for hydroxylation is 2. The smallest absolute Gasteiger partial charge is 0.264 e. The second kappa shape index (κ2) is 5.28. The van der Waals surface area contributed by atoms with E-state index in [4.69, 9.17) is 0 Å². The molecule has 0 aliphatic heterocycles. The predicted molar refractivity (Wildman–Crippen MR) is 60.3 cm³/mol. The minimum Gasteiger partial charge on any atom is -0.270 e. The van der Waals surface area contributed by atoms with Gasteiger partial charge in [-0.05, 0) is 25.3 Å². The van der Waals surface area contributed by atoms with Crippen LogP contribution in [-0.2, 0) is 20.7 Å². The molecule has 0 atom stereocenters. The van der Waals surface area contributed by atoms with Crippen LogP contribution >= 0.6 is 0 Å². The highest BCUT2D eigenvalue weighted by atomic mass is 32.2. The lowest BCUT2D eigenvalue weighted by Crippen LogP contribution is -2.04. The quantitative estimate of drug-likeness (QED) is 0.571. The molecule has 1 aromatic carbocycles. The molecule has 0 N–H and O–H groups in total. The Balaban J connectivity index is 2.29. The molecule has 0 heterocycles. The van der Waals surface area contributed by atoms with E-state index in [0.29, 0.717) is 0 Å². The van der Waals surface area contributed by atoms with Crippen LogP contribution in [0.3, 0.4) is 0 Å². The predicted octanol–water partition coefficient (Wildman–Crippen LogP) is 1.90. The molecule has 0 saturated carbocycles. The number of benzene rings is 1. The van der Waals surface area contributed by atoms with Gasteiger partial charge in [0.1, 0.15) is 0 Å². The van der Waals surface area contributed by atoms with Gasteiger partial charge in [-0.2, -0.15) is 8.42 Å². The van der Waals surface area contributed by atoms with Crippen molar-refractivity contribution >= 4 is 10.1 Å². The molecule has 15 heavy (non-hydrogen) atoms. The van der Waals surface area contributed by atoms with Gasteiger partial charge in [-0.3, -0.25) is 4.18 Å². The topological polar surface area (TPSA) is 43.4 Å². The summed E-state index contributed by atoms with van der Waals surface area (Å²) < 4.78 is 26.0. The van der Waals surface area contributed by atoms with Crippen molar-refractivity contribution in [3.8, 4) is 0 Å². The van der Waals surface area contributed by atoms with Crippen LogP contribution in [0.2, 0.25) is 0 Å². The van der Waals surface area contributed by atoms with Crippen LogP contribution < -0.4 is 0 Å². The summed E-state index contributed by atoms with van der Waals surface area (Å²) in [4.78, 5) is 0. The highest BCUT2D eigenvalue weighted by Gasteiger charge is 2.00. The van der Waals surface area contributed by atoms with Gasteiger partial charge < -0.3 is 0 Å². The molecule has 3 nitrogen and oxygen atoms in total. The minimum absolute atomic E-state index is 0.257. The molecule has 0 fully saturated rings. The van der Waals surface area contributed by atoms with Crippen LogP contribution in [-0.4, -0.2) is 21.3 Å². The van der Waals surface area contributed by atoms with E-state index in [9.17, 15) is 8.42 Å². The Bertz CT molecular complexity index is 392. The van der Waals surface area contributed by atoms with Gasteiger partial charge in [0.05, 0.1) is 12.9 Å². The highest BCUT2D eigenvalue weighted by Crippen LogP contribution is 2.06. The van der Waals surface area contributed by atoms with Gasteiger partial charge in [0, 0.05) is 0 Å². The Morgan fingerprint density at radius 3 is 2.33 bits per heavy atom. The Hall–Kier alpha value is -0.870. The van der Waals surface area contributed by atoms with Gasteiger partial charge in [0.15, 0.2) is 0 Å². The zero-order valence-corrected chi connectivity index (χ0v) is 9.88. The van der Waals surface area contributed by atoms with E-state index in [0.717, 1.165) is 19.1 Å². The van der Waals surface area contributed by atoms with Crippen LogP contribution in [0.4, 0.5) is 0 Å². The molecule has 0 spiro atoms. The van der Waals surface area contributed by atoms with E-state index >= 15 is 0 Å². The summed E-state index contributed by atoms with van der Waals surface area (Å²) in [6.45, 7) is 2.29. The van der Waals surface area contributed by atoms with Gasteiger partial charge in [0.2, 0.25) is 0 Å². The Kier molecular flexibility index (Phi) is 4.29. The average Bonchev–Trinajstić information content (AvgIpc) is 2.14. The fourth-order valence-electron chi connectivity index (χ4n) is 1.24. The monoisotopic (exact) mass is 228 g/mol. The summed E-state index contributed by atoms with van der Waals surface area (Å²) in [6, 6.07) is 8.20. The van der Waals surface area contributed by atoms with E-state index in [-0.39, 0.29) is 6.61 Å². The van der Waals surface area contributed by atoms with Gasteiger partial charge in [-0.1, -0.05) is 29.8 Å². The summed E-state index contributed by atoms with van der Waals surface area (Å²) in [5.41, 5.74) is 2.43. The number of hydrogen-bond donors (Lipinski definition) is 0. The molecule has 0 aromatic heterocycles. The van der Waals surface area contributed by atoms with Crippen molar-refractivity contribution in [3.63, 3.8) is 0 Å². The maximum absolute atomic E-state index is 10.7. The number of hydrogen-bond acceptors (Lipinski definition) is 3. The third-order valence-corrected chi connectivity index (χ3v) is 2.62. The fraction of sp³-hybridized carbons (Fsp3) is 0.455. The molecule has 84 valence electrons. The lowest BCUT2D eigenvalue weighted by Gasteiger charge is -2.02.